The summed E-state index contributed by atoms with van der Waals surface area (Å²) in [7, 11) is 1.99. The minimum atomic E-state index is 0. The van der Waals surface area contributed by atoms with E-state index in [-0.39, 0.29) is 24.0 Å². The molecule has 6 nitrogen and oxygen atoms in total. The van der Waals surface area contributed by atoms with Gasteiger partial charge in [-0.15, -0.1) is 45.5 Å². The topological polar surface area (TPSA) is 67.1 Å². The Bertz CT molecular complexity index is 732. The lowest BCUT2D eigenvalue weighted by molar-refractivity contribution is 0.255. The van der Waals surface area contributed by atoms with Crippen LogP contribution in [0.2, 0.25) is 0 Å². The van der Waals surface area contributed by atoms with E-state index in [1.165, 1.54) is 24.1 Å². The summed E-state index contributed by atoms with van der Waals surface area (Å²) in [6, 6.07) is 4.77. The van der Waals surface area contributed by atoms with Gasteiger partial charge in [-0.05, 0) is 55.9 Å². The fraction of sp³-hybridized carbons (Fsp3) is 0.650. The standard InChI is InChI=1S/C20H32N6S.HI/c1-14-10-15(2)12-17(11-14)23-20(21-8-7-18-6-5-9-27-18)22-13-19-25-24-16(3)26(19)4;/h5-6,9,14-15,17H,7-8,10-13H2,1-4H3,(H2,21,22,23);1H. The van der Waals surface area contributed by atoms with Crippen molar-refractivity contribution in [1.29, 1.82) is 0 Å². The quantitative estimate of drug-likeness (QED) is 0.347. The molecule has 1 aliphatic carbocycles. The van der Waals surface area contributed by atoms with Gasteiger partial charge in [0.05, 0.1) is 0 Å². The van der Waals surface area contributed by atoms with Gasteiger partial charge < -0.3 is 15.2 Å². The highest BCUT2D eigenvalue weighted by Gasteiger charge is 2.24. The maximum absolute atomic E-state index is 4.81. The number of rotatable bonds is 6. The zero-order valence-electron chi connectivity index (χ0n) is 17.3. The average molecular weight is 516 g/mol. The fourth-order valence-electron chi connectivity index (χ4n) is 3.91. The van der Waals surface area contributed by atoms with Crippen LogP contribution in [-0.2, 0) is 20.0 Å². The zero-order valence-corrected chi connectivity index (χ0v) is 20.5. The van der Waals surface area contributed by atoms with Crippen LogP contribution in [0, 0.1) is 18.8 Å². The molecule has 0 aromatic carbocycles. The van der Waals surface area contributed by atoms with Gasteiger partial charge in [0, 0.05) is 24.5 Å². The highest BCUT2D eigenvalue weighted by Crippen LogP contribution is 2.28. The number of hydrogen-bond donors (Lipinski definition) is 2. The molecule has 0 radical (unpaired) electrons. The fourth-order valence-corrected chi connectivity index (χ4v) is 4.62. The molecular formula is C20H33IN6S. The molecule has 8 heteroatoms. The summed E-state index contributed by atoms with van der Waals surface area (Å²) in [6.45, 7) is 8.08. The summed E-state index contributed by atoms with van der Waals surface area (Å²) in [4.78, 5) is 6.20. The first-order chi connectivity index (χ1) is 13.0. The van der Waals surface area contributed by atoms with E-state index in [9.17, 15) is 0 Å². The second-order valence-corrected chi connectivity index (χ2v) is 8.93. The van der Waals surface area contributed by atoms with Crippen LogP contribution in [0.1, 0.15) is 49.6 Å². The van der Waals surface area contributed by atoms with Crippen molar-refractivity contribution in [2.45, 2.75) is 59.0 Å². The molecule has 3 rings (SSSR count). The van der Waals surface area contributed by atoms with Gasteiger partial charge in [0.15, 0.2) is 11.8 Å². The predicted octanol–water partition coefficient (Wildman–Crippen LogP) is 3.91. The molecular weight excluding hydrogens is 483 g/mol. The number of thiophene rings is 1. The maximum Gasteiger partial charge on any atom is 0.191 e. The monoisotopic (exact) mass is 516 g/mol. The van der Waals surface area contributed by atoms with Crippen LogP contribution in [0.5, 0.6) is 0 Å². The van der Waals surface area contributed by atoms with E-state index in [0.29, 0.717) is 12.6 Å². The lowest BCUT2D eigenvalue weighted by Gasteiger charge is -2.33. The normalized spacial score (nSPS) is 22.6. The Hall–Kier alpha value is -1.16. The Morgan fingerprint density at radius 2 is 2.00 bits per heavy atom. The molecule has 2 aromatic rings. The van der Waals surface area contributed by atoms with Crippen molar-refractivity contribution in [3.63, 3.8) is 0 Å². The SMILES string of the molecule is Cc1nnc(CN=C(NCCc2cccs2)NC2CC(C)CC(C)C2)n1C.I. The van der Waals surface area contributed by atoms with Crippen LogP contribution in [0.4, 0.5) is 0 Å². The molecule has 2 aromatic heterocycles. The summed E-state index contributed by atoms with van der Waals surface area (Å²) >= 11 is 1.80. The summed E-state index contributed by atoms with van der Waals surface area (Å²) in [5, 5.41) is 17.7. The van der Waals surface area contributed by atoms with Crippen LogP contribution in [0.3, 0.4) is 0 Å². The lowest BCUT2D eigenvalue weighted by Crippen LogP contribution is -2.46. The molecule has 2 unspecified atom stereocenters. The number of nitrogens with zero attached hydrogens (tertiary/aromatic N) is 4. The van der Waals surface area contributed by atoms with Crippen molar-refractivity contribution in [3.8, 4) is 0 Å². The maximum atomic E-state index is 4.81. The largest absolute Gasteiger partial charge is 0.356 e. The Morgan fingerprint density at radius 3 is 2.61 bits per heavy atom. The van der Waals surface area contributed by atoms with E-state index in [1.54, 1.807) is 11.3 Å². The van der Waals surface area contributed by atoms with Gasteiger partial charge in [-0.2, -0.15) is 0 Å². The number of aliphatic imine (C=N–C) groups is 1. The first-order valence-electron chi connectivity index (χ1n) is 9.93. The van der Waals surface area contributed by atoms with E-state index in [4.69, 9.17) is 4.99 Å². The molecule has 0 saturated heterocycles. The van der Waals surface area contributed by atoms with E-state index < -0.39 is 0 Å². The molecule has 1 saturated carbocycles. The van der Waals surface area contributed by atoms with Gasteiger partial charge in [0.25, 0.3) is 0 Å². The lowest BCUT2D eigenvalue weighted by atomic mass is 9.80. The summed E-state index contributed by atoms with van der Waals surface area (Å²) < 4.78 is 2.00. The molecule has 0 spiro atoms. The summed E-state index contributed by atoms with van der Waals surface area (Å²) in [6.07, 6.45) is 4.76. The number of aromatic nitrogens is 3. The van der Waals surface area contributed by atoms with Crippen molar-refractivity contribution in [3.05, 3.63) is 34.0 Å². The Balaban J connectivity index is 0.00000280. The molecule has 1 fully saturated rings. The first kappa shape index (κ1) is 23.1. The van der Waals surface area contributed by atoms with Crippen molar-refractivity contribution >= 4 is 41.3 Å². The number of hydrogen-bond acceptors (Lipinski definition) is 4. The van der Waals surface area contributed by atoms with E-state index in [0.717, 1.165) is 42.4 Å². The molecule has 1 aliphatic rings. The average Bonchev–Trinajstić information content (AvgIpc) is 3.23. The number of aryl methyl sites for hydroxylation is 1. The van der Waals surface area contributed by atoms with Crippen molar-refractivity contribution in [1.82, 2.24) is 25.4 Å². The van der Waals surface area contributed by atoms with Crippen LogP contribution >= 0.6 is 35.3 Å². The van der Waals surface area contributed by atoms with Gasteiger partial charge in [0.1, 0.15) is 12.4 Å². The van der Waals surface area contributed by atoms with E-state index in [1.807, 2.05) is 18.5 Å². The smallest absolute Gasteiger partial charge is 0.191 e. The van der Waals surface area contributed by atoms with Gasteiger partial charge in [-0.25, -0.2) is 4.99 Å². The molecule has 2 N–H and O–H groups in total. The minimum Gasteiger partial charge on any atom is -0.356 e. The Morgan fingerprint density at radius 1 is 1.25 bits per heavy atom. The second kappa shape index (κ2) is 11.1. The van der Waals surface area contributed by atoms with Crippen LogP contribution in [0.15, 0.2) is 22.5 Å². The summed E-state index contributed by atoms with van der Waals surface area (Å²) in [5.74, 6) is 4.21. The highest BCUT2D eigenvalue weighted by molar-refractivity contribution is 14.0. The Labute approximate surface area is 189 Å². The number of nitrogens with one attached hydrogen (secondary N) is 2. The van der Waals surface area contributed by atoms with Crippen molar-refractivity contribution < 1.29 is 0 Å². The van der Waals surface area contributed by atoms with Crippen molar-refractivity contribution in [2.24, 2.45) is 23.9 Å². The van der Waals surface area contributed by atoms with E-state index in [2.05, 4.69) is 52.2 Å². The molecule has 2 heterocycles. The molecule has 2 atom stereocenters. The summed E-state index contributed by atoms with van der Waals surface area (Å²) in [5.41, 5.74) is 0. The van der Waals surface area contributed by atoms with Gasteiger partial charge >= 0.3 is 0 Å². The van der Waals surface area contributed by atoms with Crippen LogP contribution in [0.25, 0.3) is 0 Å². The van der Waals surface area contributed by atoms with Crippen LogP contribution in [-0.4, -0.2) is 33.3 Å². The molecule has 0 amide bonds. The van der Waals surface area contributed by atoms with Crippen LogP contribution < -0.4 is 10.6 Å². The van der Waals surface area contributed by atoms with Gasteiger partial charge in [0.2, 0.25) is 0 Å². The third-order valence-corrected chi connectivity index (χ3v) is 6.26. The second-order valence-electron chi connectivity index (χ2n) is 7.90. The van der Waals surface area contributed by atoms with Crippen molar-refractivity contribution in [2.75, 3.05) is 6.54 Å². The molecule has 0 aliphatic heterocycles. The number of guanidine groups is 1. The third kappa shape index (κ3) is 6.72. The van der Waals surface area contributed by atoms with E-state index >= 15 is 0 Å². The molecule has 0 bridgehead atoms. The predicted molar refractivity (Wildman–Crippen MR) is 127 cm³/mol. The molecule has 28 heavy (non-hydrogen) atoms. The zero-order chi connectivity index (χ0) is 19.2. The number of halogens is 1. The molecule has 156 valence electrons. The Kier molecular flexibility index (Phi) is 9.20. The van der Waals surface area contributed by atoms with Gasteiger partial charge in [-0.1, -0.05) is 19.9 Å². The highest BCUT2D eigenvalue weighted by atomic mass is 127. The first-order valence-corrected chi connectivity index (χ1v) is 10.8. The minimum absolute atomic E-state index is 0. The van der Waals surface area contributed by atoms with Gasteiger partial charge in [-0.3, -0.25) is 0 Å². The third-order valence-electron chi connectivity index (χ3n) is 5.32.